The summed E-state index contributed by atoms with van der Waals surface area (Å²) in [7, 11) is 0. The molecule has 2 bridgehead atoms. The molecular formula is C25H29NO10. The van der Waals surface area contributed by atoms with Crippen molar-refractivity contribution in [1.29, 1.82) is 0 Å². The highest BCUT2D eigenvalue weighted by Gasteiger charge is 2.73. The van der Waals surface area contributed by atoms with Gasteiger partial charge >= 0.3 is 5.97 Å². The van der Waals surface area contributed by atoms with E-state index in [0.717, 1.165) is 5.56 Å². The van der Waals surface area contributed by atoms with Crippen molar-refractivity contribution in [2.24, 2.45) is 0 Å². The van der Waals surface area contributed by atoms with E-state index in [2.05, 4.69) is 11.5 Å². The van der Waals surface area contributed by atoms with Crippen molar-refractivity contribution in [3.8, 4) is 11.5 Å². The van der Waals surface area contributed by atoms with Gasteiger partial charge in [-0.25, -0.2) is 4.79 Å². The topological polar surface area (TPSA) is 166 Å². The van der Waals surface area contributed by atoms with E-state index in [-0.39, 0.29) is 29.7 Å². The molecule has 1 aromatic rings. The zero-order valence-electron chi connectivity index (χ0n) is 19.4. The maximum atomic E-state index is 13.1. The smallest absolute Gasteiger partial charge is 0.335 e. The van der Waals surface area contributed by atoms with Crippen LogP contribution in [0.2, 0.25) is 0 Å². The molecular weight excluding hydrogens is 474 g/mol. The summed E-state index contributed by atoms with van der Waals surface area (Å²) in [5.41, 5.74) is -0.546. The summed E-state index contributed by atoms with van der Waals surface area (Å²) in [6, 6.07) is 3.19. The zero-order valence-corrected chi connectivity index (χ0v) is 19.4. The Bertz CT molecular complexity index is 1140. The van der Waals surface area contributed by atoms with Gasteiger partial charge < -0.3 is 39.7 Å². The minimum atomic E-state index is -1.85. The molecule has 0 radical (unpaired) electrons. The first-order chi connectivity index (χ1) is 17.1. The molecule has 0 unspecified atom stereocenters. The molecule has 1 saturated carbocycles. The van der Waals surface area contributed by atoms with E-state index in [0.29, 0.717) is 37.9 Å². The SMILES string of the molecule is C=CCN1CC[C@]23c4c5ccc(O[C@@H]6O[C@H](C(=O)O)[C@@H](O)[C@H](O)[C@H]6O)c4O[C@H]2C(=O)CC[C@@]3(O)[C@H]1C5. The molecule has 36 heavy (non-hydrogen) atoms. The Kier molecular flexibility index (Phi) is 5.28. The molecule has 194 valence electrons. The number of carbonyl (C=O) groups excluding carboxylic acids is 1. The molecule has 0 aromatic heterocycles. The van der Waals surface area contributed by atoms with E-state index in [9.17, 15) is 35.1 Å². The number of hydrogen-bond donors (Lipinski definition) is 5. The highest BCUT2D eigenvalue weighted by Crippen LogP contribution is 2.65. The van der Waals surface area contributed by atoms with Gasteiger partial charge in [0.25, 0.3) is 0 Å². The number of aliphatic hydroxyl groups is 4. The molecule has 3 aliphatic heterocycles. The van der Waals surface area contributed by atoms with Gasteiger partial charge in [-0.15, -0.1) is 6.58 Å². The number of rotatable bonds is 5. The first kappa shape index (κ1) is 23.8. The minimum absolute atomic E-state index is 0.0939. The van der Waals surface area contributed by atoms with Crippen LogP contribution in [0.4, 0.5) is 0 Å². The minimum Gasteiger partial charge on any atom is -0.479 e. The van der Waals surface area contributed by atoms with Crippen LogP contribution < -0.4 is 9.47 Å². The fourth-order valence-corrected chi connectivity index (χ4v) is 7.15. The number of piperidine rings is 1. The molecule has 1 aromatic carbocycles. The fourth-order valence-electron chi connectivity index (χ4n) is 7.15. The van der Waals surface area contributed by atoms with Crippen LogP contribution in [0.3, 0.4) is 0 Å². The third kappa shape index (κ3) is 2.89. The third-order valence-electron chi connectivity index (χ3n) is 8.77. The number of nitrogens with zero attached hydrogens (tertiary/aromatic N) is 1. The molecule has 3 fully saturated rings. The van der Waals surface area contributed by atoms with Gasteiger partial charge in [-0.2, -0.15) is 0 Å². The highest BCUT2D eigenvalue weighted by molar-refractivity contribution is 5.90. The lowest BCUT2D eigenvalue weighted by Crippen LogP contribution is -2.76. The second-order valence-corrected chi connectivity index (χ2v) is 10.4. The van der Waals surface area contributed by atoms with Gasteiger partial charge in [0.15, 0.2) is 29.5 Å². The first-order valence-corrected chi connectivity index (χ1v) is 12.2. The second kappa shape index (κ2) is 7.98. The summed E-state index contributed by atoms with van der Waals surface area (Å²) >= 11 is 0. The molecule has 6 rings (SSSR count). The van der Waals surface area contributed by atoms with Crippen molar-refractivity contribution in [3.05, 3.63) is 35.9 Å². The Balaban J connectivity index is 1.43. The van der Waals surface area contributed by atoms with Crippen molar-refractivity contribution in [1.82, 2.24) is 4.90 Å². The average Bonchev–Trinajstić information content (AvgIpc) is 3.20. The van der Waals surface area contributed by atoms with E-state index in [1.165, 1.54) is 0 Å². The predicted octanol–water partition coefficient (Wildman–Crippen LogP) is -1.13. The summed E-state index contributed by atoms with van der Waals surface area (Å²) < 4.78 is 17.4. The summed E-state index contributed by atoms with van der Waals surface area (Å²) in [6.07, 6.45) is -6.44. The van der Waals surface area contributed by atoms with Crippen LogP contribution in [-0.2, 0) is 26.2 Å². The summed E-state index contributed by atoms with van der Waals surface area (Å²) in [6.45, 7) is 5.10. The molecule has 11 heteroatoms. The average molecular weight is 504 g/mol. The molecule has 2 saturated heterocycles. The zero-order chi connectivity index (χ0) is 25.6. The number of likely N-dealkylation sites (tertiary alicyclic amines) is 1. The lowest BCUT2D eigenvalue weighted by atomic mass is 9.49. The van der Waals surface area contributed by atoms with Crippen molar-refractivity contribution < 1.29 is 49.3 Å². The van der Waals surface area contributed by atoms with Crippen molar-refractivity contribution in [2.75, 3.05) is 13.1 Å². The Labute approximate surface area is 206 Å². The number of carboxylic acid groups (broad SMARTS) is 1. The molecule has 1 spiro atoms. The number of Topliss-reactive ketones (excluding diaryl/α,β-unsaturated/α-hetero) is 1. The lowest BCUT2D eigenvalue weighted by molar-refractivity contribution is -0.271. The number of ketones is 1. The van der Waals surface area contributed by atoms with E-state index in [4.69, 9.17) is 14.2 Å². The van der Waals surface area contributed by atoms with Gasteiger partial charge in [-0.1, -0.05) is 12.1 Å². The number of hydrogen-bond acceptors (Lipinski definition) is 10. The van der Waals surface area contributed by atoms with E-state index >= 15 is 0 Å². The van der Waals surface area contributed by atoms with Crippen LogP contribution in [0.1, 0.15) is 30.4 Å². The maximum absolute atomic E-state index is 13.1. The van der Waals surface area contributed by atoms with Gasteiger partial charge in [-0.05, 0) is 30.9 Å². The summed E-state index contributed by atoms with van der Waals surface area (Å²) in [4.78, 5) is 26.8. The van der Waals surface area contributed by atoms with Crippen molar-refractivity contribution >= 4 is 11.8 Å². The fraction of sp³-hybridized carbons (Fsp3) is 0.600. The van der Waals surface area contributed by atoms with Gasteiger partial charge in [0.1, 0.15) is 18.3 Å². The maximum Gasteiger partial charge on any atom is 0.335 e. The number of aliphatic carboxylic acids is 1. The second-order valence-electron chi connectivity index (χ2n) is 10.4. The Morgan fingerprint density at radius 2 is 2.00 bits per heavy atom. The van der Waals surface area contributed by atoms with Gasteiger partial charge in [0.05, 0.1) is 11.0 Å². The van der Waals surface area contributed by atoms with E-state index in [1.807, 2.05) is 6.07 Å². The van der Waals surface area contributed by atoms with Gasteiger partial charge in [0, 0.05) is 31.1 Å². The molecule has 5 N–H and O–H groups in total. The van der Waals surface area contributed by atoms with Crippen molar-refractivity contribution in [3.63, 3.8) is 0 Å². The monoisotopic (exact) mass is 503 g/mol. The largest absolute Gasteiger partial charge is 0.479 e. The molecule has 11 nitrogen and oxygen atoms in total. The molecule has 5 aliphatic rings. The van der Waals surface area contributed by atoms with Crippen LogP contribution in [0.25, 0.3) is 0 Å². The number of carbonyl (C=O) groups is 2. The standard InChI is InChI=1S/C25H29NO10/c1-2-8-26-9-7-24-15-11-3-4-13(34-23-18(30)16(28)17(29)20(36-23)22(31)32)19(15)35-21(24)12(27)5-6-25(24,33)14(26)10-11/h2-4,14,16-18,20-21,23,28-30,33H,1,5-10H2,(H,31,32)/t14-,16+,17+,18-,20+,21+,23-,24+,25-/m1/s1. The number of aliphatic hydroxyl groups excluding tert-OH is 3. The van der Waals surface area contributed by atoms with Crippen LogP contribution in [0.5, 0.6) is 11.5 Å². The number of ether oxygens (including phenoxy) is 3. The van der Waals surface area contributed by atoms with Crippen LogP contribution >= 0.6 is 0 Å². The number of benzene rings is 1. The molecule has 2 aliphatic carbocycles. The Morgan fingerprint density at radius 1 is 1.22 bits per heavy atom. The molecule has 3 heterocycles. The molecule has 0 amide bonds. The molecule has 9 atom stereocenters. The summed E-state index contributed by atoms with van der Waals surface area (Å²) in [5.74, 6) is -1.28. The van der Waals surface area contributed by atoms with Crippen LogP contribution in [0, 0.1) is 0 Å². The number of carboxylic acids is 1. The third-order valence-corrected chi connectivity index (χ3v) is 8.77. The highest BCUT2D eigenvalue weighted by atomic mass is 16.7. The van der Waals surface area contributed by atoms with Crippen molar-refractivity contribution in [2.45, 2.75) is 79.6 Å². The Hall–Kier alpha value is -2.54. The van der Waals surface area contributed by atoms with Gasteiger partial charge in [-0.3, -0.25) is 9.69 Å². The van der Waals surface area contributed by atoms with E-state index in [1.54, 1.807) is 12.1 Å². The first-order valence-electron chi connectivity index (χ1n) is 12.2. The van der Waals surface area contributed by atoms with E-state index < -0.39 is 53.8 Å². The van der Waals surface area contributed by atoms with Crippen LogP contribution in [0.15, 0.2) is 24.8 Å². The van der Waals surface area contributed by atoms with Gasteiger partial charge in [0.2, 0.25) is 6.29 Å². The predicted molar refractivity (Wildman–Crippen MR) is 121 cm³/mol. The normalized spacial score (nSPS) is 42.9. The lowest BCUT2D eigenvalue weighted by Gasteiger charge is -2.62. The quantitative estimate of drug-likeness (QED) is 0.309. The van der Waals surface area contributed by atoms with Crippen LogP contribution in [-0.4, -0.2) is 104 Å². The summed E-state index contributed by atoms with van der Waals surface area (Å²) in [5, 5.41) is 52.1. The Morgan fingerprint density at radius 3 is 2.72 bits per heavy atom.